The van der Waals surface area contributed by atoms with E-state index in [4.69, 9.17) is 0 Å². The van der Waals surface area contributed by atoms with Gasteiger partial charge in [-0.15, -0.1) is 8.78 Å². The number of rotatable bonds is 2. The molecule has 2 fully saturated rings. The molecule has 2 bridgehead atoms. The van der Waals surface area contributed by atoms with E-state index in [2.05, 4.69) is 9.47 Å². The van der Waals surface area contributed by atoms with Gasteiger partial charge in [0.25, 0.3) is 0 Å². The van der Waals surface area contributed by atoms with Crippen LogP contribution in [0.1, 0.15) is 36.0 Å². The van der Waals surface area contributed by atoms with Crippen molar-refractivity contribution in [2.24, 2.45) is 5.92 Å². The molecule has 1 aromatic carbocycles. The number of ether oxygens (including phenoxy) is 2. The predicted octanol–water partition coefficient (Wildman–Crippen LogP) is 3.87. The number of thioether (sulfide) groups is 1. The molecule has 112 valence electrons. The third-order valence-corrected chi connectivity index (χ3v) is 5.97. The van der Waals surface area contributed by atoms with Gasteiger partial charge >= 0.3 is 6.29 Å². The normalized spacial score (nSPS) is 32.2. The first-order valence-electron chi connectivity index (χ1n) is 7.10. The highest BCUT2D eigenvalue weighted by atomic mass is 32.2. The predicted molar refractivity (Wildman–Crippen MR) is 74.1 cm³/mol. The number of hydrogen-bond donors (Lipinski definition) is 0. The van der Waals surface area contributed by atoms with Crippen LogP contribution < -0.4 is 9.47 Å². The molecule has 0 amide bonds. The topological polar surface area (TPSA) is 35.5 Å². The van der Waals surface area contributed by atoms with Crippen molar-refractivity contribution in [3.05, 3.63) is 23.8 Å². The minimum Gasteiger partial charge on any atom is -0.395 e. The molecule has 3 aliphatic rings. The van der Waals surface area contributed by atoms with Gasteiger partial charge in [0.2, 0.25) is 0 Å². The first-order chi connectivity index (χ1) is 10.00. The van der Waals surface area contributed by atoms with E-state index >= 15 is 0 Å². The van der Waals surface area contributed by atoms with Crippen molar-refractivity contribution in [3.8, 4) is 11.5 Å². The lowest BCUT2D eigenvalue weighted by Gasteiger charge is -2.26. The summed E-state index contributed by atoms with van der Waals surface area (Å²) in [5, 5.41) is 1.16. The Hall–Kier alpha value is -1.30. The third kappa shape index (κ3) is 2.39. The molecule has 0 saturated carbocycles. The lowest BCUT2D eigenvalue weighted by Crippen LogP contribution is -2.26. The molecule has 6 heteroatoms. The van der Waals surface area contributed by atoms with Gasteiger partial charge in [0.15, 0.2) is 17.3 Å². The van der Waals surface area contributed by atoms with E-state index < -0.39 is 6.29 Å². The molecular formula is C15H14F2O3S. The van der Waals surface area contributed by atoms with E-state index in [0.29, 0.717) is 16.1 Å². The first-order valence-corrected chi connectivity index (χ1v) is 8.04. The molecule has 4 rings (SSSR count). The summed E-state index contributed by atoms with van der Waals surface area (Å²) >= 11 is 1.99. The van der Waals surface area contributed by atoms with Crippen molar-refractivity contribution in [2.45, 2.75) is 42.5 Å². The van der Waals surface area contributed by atoms with Crippen molar-refractivity contribution in [3.63, 3.8) is 0 Å². The molecule has 0 aromatic heterocycles. The average molecular weight is 312 g/mol. The summed E-state index contributed by atoms with van der Waals surface area (Å²) in [5.41, 5.74) is 0.436. The van der Waals surface area contributed by atoms with Crippen LogP contribution in [-0.4, -0.2) is 22.6 Å². The van der Waals surface area contributed by atoms with Gasteiger partial charge in [-0.1, -0.05) is 0 Å². The third-order valence-electron chi connectivity index (χ3n) is 4.35. The zero-order chi connectivity index (χ0) is 14.6. The molecule has 3 heterocycles. The van der Waals surface area contributed by atoms with Gasteiger partial charge in [-0.05, 0) is 43.9 Å². The molecule has 2 unspecified atom stereocenters. The van der Waals surface area contributed by atoms with Gasteiger partial charge in [-0.25, -0.2) is 0 Å². The quantitative estimate of drug-likeness (QED) is 0.777. The van der Waals surface area contributed by atoms with Crippen molar-refractivity contribution in [1.29, 1.82) is 0 Å². The molecule has 3 aliphatic heterocycles. The summed E-state index contributed by atoms with van der Waals surface area (Å²) in [6.07, 6.45) is 0.527. The number of Topliss-reactive ketones (excluding diaryl/α,β-unsaturated/α-hetero) is 1. The molecule has 21 heavy (non-hydrogen) atoms. The van der Waals surface area contributed by atoms with Gasteiger partial charge in [0.1, 0.15) is 0 Å². The Morgan fingerprint density at radius 3 is 2.52 bits per heavy atom. The van der Waals surface area contributed by atoms with Crippen molar-refractivity contribution in [2.75, 3.05) is 0 Å². The molecule has 3 nitrogen and oxygen atoms in total. The fraction of sp³-hybridized carbons (Fsp3) is 0.533. The van der Waals surface area contributed by atoms with Crippen LogP contribution in [0.25, 0.3) is 0 Å². The van der Waals surface area contributed by atoms with Gasteiger partial charge in [-0.2, -0.15) is 11.8 Å². The number of ketones is 1. The summed E-state index contributed by atoms with van der Waals surface area (Å²) in [6, 6.07) is 4.31. The molecule has 1 aromatic rings. The van der Waals surface area contributed by atoms with E-state index in [1.807, 2.05) is 11.8 Å². The van der Waals surface area contributed by atoms with Crippen molar-refractivity contribution in [1.82, 2.24) is 0 Å². The van der Waals surface area contributed by atoms with Crippen molar-refractivity contribution >= 4 is 17.5 Å². The van der Waals surface area contributed by atoms with Gasteiger partial charge in [0, 0.05) is 22.0 Å². The number of carbonyl (C=O) groups excluding carboxylic acids is 1. The number of carbonyl (C=O) groups is 1. The van der Waals surface area contributed by atoms with Crippen LogP contribution in [0.3, 0.4) is 0 Å². The lowest BCUT2D eigenvalue weighted by molar-refractivity contribution is -0.286. The SMILES string of the molecule is O=C(c1ccc2c(c1)OC(F)(F)O2)C1CC2CCC(C1)S2. The summed E-state index contributed by atoms with van der Waals surface area (Å²) in [6.45, 7) is 0. The Labute approximate surface area is 125 Å². The highest BCUT2D eigenvalue weighted by Crippen LogP contribution is 2.47. The highest BCUT2D eigenvalue weighted by Gasteiger charge is 2.44. The Bertz CT molecular complexity index is 593. The maximum atomic E-state index is 13.0. The molecule has 0 radical (unpaired) electrons. The largest absolute Gasteiger partial charge is 0.586 e. The smallest absolute Gasteiger partial charge is 0.395 e. The first kappa shape index (κ1) is 13.4. The Kier molecular flexibility index (Phi) is 2.93. The highest BCUT2D eigenvalue weighted by molar-refractivity contribution is 8.00. The van der Waals surface area contributed by atoms with E-state index in [-0.39, 0.29) is 23.2 Å². The average Bonchev–Trinajstić information content (AvgIpc) is 2.94. The molecule has 0 aliphatic carbocycles. The van der Waals surface area contributed by atoms with E-state index in [1.54, 1.807) is 6.07 Å². The van der Waals surface area contributed by atoms with Gasteiger partial charge in [0.05, 0.1) is 0 Å². The summed E-state index contributed by atoms with van der Waals surface area (Å²) < 4.78 is 34.8. The maximum absolute atomic E-state index is 13.0. The van der Waals surface area contributed by atoms with E-state index in [0.717, 1.165) is 12.8 Å². The number of fused-ring (bicyclic) bond motifs is 3. The van der Waals surface area contributed by atoms with Crippen LogP contribution in [0.5, 0.6) is 11.5 Å². The Morgan fingerprint density at radius 2 is 1.81 bits per heavy atom. The van der Waals surface area contributed by atoms with Crippen LogP contribution in [-0.2, 0) is 0 Å². The van der Waals surface area contributed by atoms with Crippen LogP contribution in [0.15, 0.2) is 18.2 Å². The molecule has 0 N–H and O–H groups in total. The van der Waals surface area contributed by atoms with Gasteiger partial charge in [-0.3, -0.25) is 4.79 Å². The lowest BCUT2D eigenvalue weighted by atomic mass is 9.90. The maximum Gasteiger partial charge on any atom is 0.586 e. The second kappa shape index (κ2) is 4.60. The molecule has 2 saturated heterocycles. The van der Waals surface area contributed by atoms with Crippen LogP contribution >= 0.6 is 11.8 Å². The summed E-state index contributed by atoms with van der Waals surface area (Å²) in [5.74, 6) is -0.0340. The number of benzene rings is 1. The van der Waals surface area contributed by atoms with Crippen LogP contribution in [0.4, 0.5) is 8.78 Å². The van der Waals surface area contributed by atoms with Gasteiger partial charge < -0.3 is 9.47 Å². The summed E-state index contributed by atoms with van der Waals surface area (Å²) in [4.78, 5) is 12.6. The number of halogens is 2. The molecular weight excluding hydrogens is 298 g/mol. The second-order valence-electron chi connectivity index (χ2n) is 5.82. The van der Waals surface area contributed by atoms with Crippen LogP contribution in [0.2, 0.25) is 0 Å². The monoisotopic (exact) mass is 312 g/mol. The Balaban J connectivity index is 1.56. The molecule has 2 atom stereocenters. The Morgan fingerprint density at radius 1 is 1.14 bits per heavy atom. The minimum absolute atomic E-state index is 0.00429. The second-order valence-corrected chi connectivity index (χ2v) is 7.42. The minimum atomic E-state index is -3.63. The van der Waals surface area contributed by atoms with Crippen LogP contribution in [0, 0.1) is 5.92 Å². The molecule has 0 spiro atoms. The standard InChI is InChI=1S/C15H14F2O3S/c16-15(17)19-12-4-1-8(7-13(12)20-15)14(18)9-5-10-2-3-11(6-9)21-10/h1,4,7,9-11H,2-3,5-6H2. The fourth-order valence-electron chi connectivity index (χ4n) is 3.41. The fourth-order valence-corrected chi connectivity index (χ4v) is 5.19. The van der Waals surface area contributed by atoms with E-state index in [1.165, 1.54) is 25.0 Å². The number of alkyl halides is 2. The summed E-state index contributed by atoms with van der Waals surface area (Å²) in [7, 11) is 0. The zero-order valence-corrected chi connectivity index (χ0v) is 12.0. The number of hydrogen-bond acceptors (Lipinski definition) is 4. The zero-order valence-electron chi connectivity index (χ0n) is 11.2. The van der Waals surface area contributed by atoms with E-state index in [9.17, 15) is 13.6 Å². The van der Waals surface area contributed by atoms with Crippen molar-refractivity contribution < 1.29 is 23.0 Å².